The maximum atomic E-state index is 14.5. The Morgan fingerprint density at radius 2 is 0.811 bits per heavy atom. The Labute approximate surface area is 863 Å². The van der Waals surface area contributed by atoms with Crippen molar-refractivity contribution in [3.8, 4) is 0 Å². The third kappa shape index (κ3) is 31.5. The molecule has 1 aromatic rings. The van der Waals surface area contributed by atoms with E-state index in [2.05, 4.69) is 85.5 Å². The van der Waals surface area contributed by atoms with Gasteiger partial charge in [0.1, 0.15) is 66.1 Å². The maximum absolute atomic E-state index is 14.5. The Morgan fingerprint density at radius 1 is 0.439 bits per heavy atom. The number of carbonyl (C=O) groups excluding carboxylic acids is 18. The van der Waals surface area contributed by atoms with Crippen molar-refractivity contribution in [1.82, 2.24) is 73.2 Å². The van der Waals surface area contributed by atoms with Gasteiger partial charge in [0.2, 0.25) is 52.8 Å². The highest BCUT2D eigenvalue weighted by Crippen LogP contribution is 2.67. The van der Waals surface area contributed by atoms with E-state index in [1.807, 2.05) is 33.8 Å². The van der Waals surface area contributed by atoms with Gasteiger partial charge in [0, 0.05) is 45.6 Å². The number of nitrogens with zero attached hydrogens (tertiary/aromatic N) is 3. The third-order valence-corrected chi connectivity index (χ3v) is 30.8. The molecular weight excluding hydrogens is 1930 g/mol. The number of hydrogen-bond donors (Lipinski definition) is 12. The Kier molecular flexibility index (Phi) is 38.6. The SMILES string of the molecule is C=CCNC(=O)C(=O)C(CCC(F)(F)F)NC(=O)[C@@H]1[C@@H]2[C@H](CN1C(=O)[C@@H](NC(=O)N[C@H](C(=O)OC(C)(C)C)C(C)(C)C)C(C)(C)C)C2(C)C.C=CCNC(=O)C(=O)C(CCC(F)(F)F)NC(=O)[C@@H]1[C@@H]2[C@H](CN1C(=O)[C@@H](NC(=O)N[C@H](C(=O)OCc1ccccc1)C(C)(C)C)C(C)(C)C)C2(C)C.CC1(C)[C@@H]2[C@@H](C(=O)NC(CC3CC3)C(=O)C(N)=O)N(C(=O)[C@@H](NC(=O)NC3(C(=O)OCC4CC4)CCCCC3)C3CCCCC3)C[C@@H]21. The minimum absolute atomic E-state index is 0.0160. The molecule has 3 aliphatic heterocycles. The number of benzene rings is 1. The summed E-state index contributed by atoms with van der Waals surface area (Å²) in [6.07, 6.45) is 0.938. The summed E-state index contributed by atoms with van der Waals surface area (Å²) in [5.41, 5.74) is -0.228. The zero-order chi connectivity index (χ0) is 111. The molecule has 148 heavy (non-hydrogen) atoms. The first-order chi connectivity index (χ1) is 68.3. The van der Waals surface area contributed by atoms with Crippen LogP contribution in [0.2, 0.25) is 0 Å². The molecule has 10 aliphatic rings. The van der Waals surface area contributed by atoms with Crippen molar-refractivity contribution in [3.05, 3.63) is 61.2 Å². The molecule has 7 saturated carbocycles. The second-order valence-corrected chi connectivity index (χ2v) is 49.0. The number of piperidine rings is 3. The van der Waals surface area contributed by atoms with Crippen molar-refractivity contribution >= 4 is 107 Å². The van der Waals surface area contributed by atoms with Crippen LogP contribution in [0.5, 0.6) is 0 Å². The van der Waals surface area contributed by atoms with Gasteiger partial charge in [-0.05, 0) is 175 Å². The molecule has 1 aromatic carbocycles. The van der Waals surface area contributed by atoms with Gasteiger partial charge in [0.05, 0.1) is 24.7 Å². The van der Waals surface area contributed by atoms with Gasteiger partial charge in [-0.3, -0.25) is 57.5 Å². The zero-order valence-electron chi connectivity index (χ0n) is 89.6. The van der Waals surface area contributed by atoms with E-state index in [9.17, 15) is 113 Å². The molecule has 826 valence electrons. The number of esters is 3. The predicted molar refractivity (Wildman–Crippen MR) is 533 cm³/mol. The van der Waals surface area contributed by atoms with Crippen LogP contribution in [0.15, 0.2) is 55.6 Å². The van der Waals surface area contributed by atoms with E-state index in [0.717, 1.165) is 82.6 Å². The molecule has 11 rings (SSSR count). The van der Waals surface area contributed by atoms with E-state index in [1.165, 1.54) is 22.0 Å². The number of carbonyl (C=O) groups is 18. The molecule has 36 nitrogen and oxygen atoms in total. The van der Waals surface area contributed by atoms with Crippen LogP contribution in [0.25, 0.3) is 0 Å². The van der Waals surface area contributed by atoms with E-state index in [-0.39, 0.29) is 79.6 Å². The summed E-state index contributed by atoms with van der Waals surface area (Å²) in [5, 5.41) is 28.5. The molecule has 13 N–H and O–H groups in total. The smallest absolute Gasteiger partial charge is 0.389 e. The fourth-order valence-electron chi connectivity index (χ4n) is 21.5. The molecule has 3 saturated heterocycles. The summed E-state index contributed by atoms with van der Waals surface area (Å²) in [5.74, 6) is -12.9. The Hall–Kier alpha value is -11.3. The number of hydrogen-bond acceptors (Lipinski definition) is 21. The lowest BCUT2D eigenvalue weighted by Gasteiger charge is -2.39. The molecule has 3 heterocycles. The average molecular weight is 2090 g/mol. The van der Waals surface area contributed by atoms with Crippen molar-refractivity contribution in [2.75, 3.05) is 39.3 Å². The number of amides is 15. The molecule has 10 fully saturated rings. The van der Waals surface area contributed by atoms with Crippen LogP contribution in [-0.4, -0.2) is 250 Å². The summed E-state index contributed by atoms with van der Waals surface area (Å²) in [4.78, 5) is 244. The number of ether oxygens (including phenoxy) is 3. The quantitative estimate of drug-likeness (QED) is 0.00958. The van der Waals surface area contributed by atoms with Crippen molar-refractivity contribution in [2.24, 2.45) is 96.9 Å². The van der Waals surface area contributed by atoms with Crippen molar-refractivity contribution in [1.29, 1.82) is 0 Å². The van der Waals surface area contributed by atoms with Gasteiger partial charge in [0.15, 0.2) is 0 Å². The molecular formula is C106H159F6N15O21. The molecule has 17 atom stereocenters. The summed E-state index contributed by atoms with van der Waals surface area (Å²) >= 11 is 0. The van der Waals surface area contributed by atoms with Crippen molar-refractivity contribution in [2.45, 2.75) is 364 Å². The summed E-state index contributed by atoms with van der Waals surface area (Å²) in [7, 11) is 0. The van der Waals surface area contributed by atoms with E-state index >= 15 is 0 Å². The minimum atomic E-state index is -4.67. The Balaban J connectivity index is 0.000000247. The number of alkyl halides is 6. The number of nitrogens with one attached hydrogen (secondary N) is 11. The van der Waals surface area contributed by atoms with E-state index < -0.39 is 261 Å². The number of primary amides is 1. The summed E-state index contributed by atoms with van der Waals surface area (Å²) in [6.45, 7) is 45.1. The number of nitrogens with two attached hydrogens (primary N) is 1. The first kappa shape index (κ1) is 120. The Bertz CT molecular complexity index is 5070. The zero-order valence-corrected chi connectivity index (χ0v) is 89.6. The average Bonchev–Trinajstić information content (AvgIpc) is 1.53. The molecule has 0 radical (unpaired) electrons. The lowest BCUT2D eigenvalue weighted by Crippen LogP contribution is -2.63. The number of Topliss-reactive ketones (excluding diaryl/α,β-unsaturated/α-hetero) is 3. The molecule has 42 heteroatoms. The first-order valence-electron chi connectivity index (χ1n) is 51.8. The minimum Gasteiger partial charge on any atom is -0.464 e. The molecule has 0 spiro atoms. The Morgan fingerprint density at radius 3 is 1.18 bits per heavy atom. The van der Waals surface area contributed by atoms with Gasteiger partial charge in [-0.15, -0.1) is 13.2 Å². The van der Waals surface area contributed by atoms with Gasteiger partial charge in [-0.2, -0.15) is 26.3 Å². The topological polar surface area (TPSA) is 503 Å². The van der Waals surface area contributed by atoms with Gasteiger partial charge >= 0.3 is 48.4 Å². The van der Waals surface area contributed by atoms with E-state index in [1.54, 1.807) is 133 Å². The van der Waals surface area contributed by atoms with Crippen LogP contribution in [0, 0.1) is 91.2 Å². The van der Waals surface area contributed by atoms with Gasteiger partial charge in [0.25, 0.3) is 17.7 Å². The molecule has 0 aromatic heterocycles. The molecule has 7 aliphatic carbocycles. The number of rotatable bonds is 39. The third-order valence-electron chi connectivity index (χ3n) is 30.8. The number of halogens is 6. The number of urea groups is 3. The van der Waals surface area contributed by atoms with Gasteiger partial charge in [-0.1, -0.05) is 218 Å². The monoisotopic (exact) mass is 2090 g/mol. The fraction of sp³-hybridized carbons (Fsp3) is 0.736. The standard InChI is InChI=1S/C37H52F3N5O7.C35H53N5O7.C34H54F3N5O7/c1-10-18-41-30(48)26(46)23(16-17-37(38,39)40)42-29(47)25-24-22(36(24,8)9)19-45(25)31(49)27(34(2,3)4)43-33(51)44-28(35(5,6)7)32(50)52-20-21-14-12-11-13-15-21;1-34(2)23-18-40(27(25(23)34)30(43)37-24(17-20-11-12-20)28(41)29(36)42)31(44)26(22-9-5-3-6-10-22)38-33(46)39-35(15-7-4-8-16-35)32(45)47-19-21-13-14-21;1-13-16-38-26(45)22(43)19(14-15-34(35,36)37)39-25(44)21-20-18(33(20,11)12)17-42(21)27(46)23(30(2,3)4)40-29(48)41-24(31(5,6)7)28(47)49-32(8,9)10/h10-15,22-25,27-28H,1,16-20H2,2-9H3,(H,41,48)(H,42,47)(H2,43,44,51);20-27H,3-19H2,1-2H3,(H2,36,42)(H,37,43)(H2,38,39,46);13,18-21,23-24H,1,14-17H2,2-12H3,(H,38,45)(H,39,44)(H2,40,41,48)/t22-,23?,24-,25-,27+,28+;23-,24?,25-,26-,27-;18-,19?,20-,21-,23+,24+/m000/s1. The lowest BCUT2D eigenvalue weighted by molar-refractivity contribution is -0.160. The van der Waals surface area contributed by atoms with Crippen LogP contribution >= 0.6 is 0 Å². The maximum Gasteiger partial charge on any atom is 0.389 e. The molecule has 15 amide bonds. The van der Waals surface area contributed by atoms with Crippen LogP contribution in [0.1, 0.15) is 273 Å². The normalized spacial score (nSPS) is 23.9. The number of likely N-dealkylation sites (tertiary alicyclic amines) is 3. The highest BCUT2D eigenvalue weighted by molar-refractivity contribution is 6.39. The van der Waals surface area contributed by atoms with Crippen LogP contribution in [-0.2, 0) is 92.7 Å². The highest BCUT2D eigenvalue weighted by atomic mass is 19.4. The number of ketones is 3. The largest absolute Gasteiger partial charge is 0.464 e. The van der Waals surface area contributed by atoms with Crippen LogP contribution < -0.4 is 64.2 Å². The van der Waals surface area contributed by atoms with Gasteiger partial charge in [-0.25, -0.2) is 28.8 Å². The van der Waals surface area contributed by atoms with Crippen LogP contribution in [0.3, 0.4) is 0 Å². The first-order valence-corrected chi connectivity index (χ1v) is 51.8. The van der Waals surface area contributed by atoms with E-state index in [4.69, 9.17) is 19.9 Å². The molecule has 3 unspecified atom stereocenters. The predicted octanol–water partition coefficient (Wildman–Crippen LogP) is 10.4. The fourth-order valence-corrected chi connectivity index (χ4v) is 21.5. The lowest BCUT2D eigenvalue weighted by atomic mass is 9.81. The summed E-state index contributed by atoms with van der Waals surface area (Å²) < 4.78 is 95.8. The highest BCUT2D eigenvalue weighted by Gasteiger charge is 2.73. The van der Waals surface area contributed by atoms with E-state index in [0.29, 0.717) is 38.3 Å². The van der Waals surface area contributed by atoms with Crippen LogP contribution in [0.4, 0.5) is 40.7 Å². The van der Waals surface area contributed by atoms with Gasteiger partial charge < -0.3 is 93.1 Å². The number of fused-ring (bicyclic) bond motifs is 3. The second-order valence-electron chi connectivity index (χ2n) is 49.0. The summed E-state index contributed by atoms with van der Waals surface area (Å²) in [6, 6.07) is -6.58. The second kappa shape index (κ2) is 47.5. The molecule has 0 bridgehead atoms. The van der Waals surface area contributed by atoms with Crippen molar-refractivity contribution in [3.63, 3.8) is 0 Å². The van der Waals surface area contributed by atoms with Crippen molar-refractivity contribution < 1.29 is 127 Å².